The molecule has 0 aromatic carbocycles. The molecule has 0 bridgehead atoms. The normalized spacial score (nSPS) is 19.7. The summed E-state index contributed by atoms with van der Waals surface area (Å²) in [5.41, 5.74) is 3.17. The fraction of sp³-hybridized carbons (Fsp3) is 0.867. The van der Waals surface area contributed by atoms with Gasteiger partial charge in [0.25, 0.3) is 0 Å². The zero-order chi connectivity index (χ0) is 11.8. The van der Waals surface area contributed by atoms with E-state index in [0.717, 1.165) is 11.7 Å². The number of hydrogen-bond donors (Lipinski definition) is 1. The van der Waals surface area contributed by atoms with Gasteiger partial charge in [-0.3, -0.25) is 0 Å². The number of thiol groups is 1. The fourth-order valence-electron chi connectivity index (χ4n) is 2.86. The highest BCUT2D eigenvalue weighted by Crippen LogP contribution is 2.28. The largest absolute Gasteiger partial charge is 0.175 e. The van der Waals surface area contributed by atoms with Gasteiger partial charge in [-0.1, -0.05) is 56.6 Å². The van der Waals surface area contributed by atoms with Gasteiger partial charge in [0.1, 0.15) is 0 Å². The van der Waals surface area contributed by atoms with E-state index in [4.69, 9.17) is 0 Å². The standard InChI is InChI=1S/C15H28S/c1-3-15(12-16)13(2)8-7-11-14-9-5-4-6-10-14/h14,16H,3-12H2,1-2H3. The van der Waals surface area contributed by atoms with E-state index >= 15 is 0 Å². The van der Waals surface area contributed by atoms with E-state index < -0.39 is 0 Å². The Morgan fingerprint density at radius 2 is 1.88 bits per heavy atom. The Morgan fingerprint density at radius 1 is 1.19 bits per heavy atom. The summed E-state index contributed by atoms with van der Waals surface area (Å²) >= 11 is 4.40. The molecule has 0 N–H and O–H groups in total. The van der Waals surface area contributed by atoms with E-state index in [1.807, 2.05) is 0 Å². The van der Waals surface area contributed by atoms with Crippen molar-refractivity contribution in [2.45, 2.75) is 71.6 Å². The predicted octanol–water partition coefficient (Wildman–Crippen LogP) is 5.39. The Labute approximate surface area is 107 Å². The number of allylic oxidation sites excluding steroid dienone is 1. The third-order valence-corrected chi connectivity index (χ3v) is 4.49. The van der Waals surface area contributed by atoms with Crippen LogP contribution in [0.2, 0.25) is 0 Å². The summed E-state index contributed by atoms with van der Waals surface area (Å²) in [6.45, 7) is 4.55. The molecule has 16 heavy (non-hydrogen) atoms. The maximum absolute atomic E-state index is 4.40. The molecule has 0 aromatic heterocycles. The van der Waals surface area contributed by atoms with E-state index in [0.29, 0.717) is 0 Å². The molecule has 0 aliphatic heterocycles. The zero-order valence-corrected chi connectivity index (χ0v) is 12.0. The van der Waals surface area contributed by atoms with E-state index in [9.17, 15) is 0 Å². The fourth-order valence-corrected chi connectivity index (χ4v) is 3.35. The molecule has 1 aliphatic rings. The van der Waals surface area contributed by atoms with Crippen LogP contribution < -0.4 is 0 Å². The molecule has 0 atom stereocenters. The highest BCUT2D eigenvalue weighted by atomic mass is 32.1. The van der Waals surface area contributed by atoms with Gasteiger partial charge in [-0.05, 0) is 32.1 Å². The number of rotatable bonds is 6. The molecular weight excluding hydrogens is 212 g/mol. The maximum Gasteiger partial charge on any atom is 0.0115 e. The Kier molecular flexibility index (Phi) is 7.27. The molecule has 1 saturated carbocycles. The highest BCUT2D eigenvalue weighted by Gasteiger charge is 2.12. The van der Waals surface area contributed by atoms with Crippen molar-refractivity contribution in [1.29, 1.82) is 0 Å². The molecule has 0 amide bonds. The van der Waals surface area contributed by atoms with Gasteiger partial charge in [0, 0.05) is 5.75 Å². The van der Waals surface area contributed by atoms with Crippen LogP contribution in [0.4, 0.5) is 0 Å². The third-order valence-electron chi connectivity index (χ3n) is 4.11. The molecule has 0 heterocycles. The average Bonchev–Trinajstić information content (AvgIpc) is 2.32. The van der Waals surface area contributed by atoms with Crippen molar-refractivity contribution in [1.82, 2.24) is 0 Å². The molecule has 1 heteroatoms. The molecule has 0 saturated heterocycles. The van der Waals surface area contributed by atoms with Gasteiger partial charge in [0.15, 0.2) is 0 Å². The Hall–Kier alpha value is 0.0900. The van der Waals surface area contributed by atoms with Crippen molar-refractivity contribution in [3.8, 4) is 0 Å². The average molecular weight is 240 g/mol. The van der Waals surface area contributed by atoms with Crippen LogP contribution >= 0.6 is 12.6 Å². The Morgan fingerprint density at radius 3 is 2.44 bits per heavy atom. The molecule has 1 aliphatic carbocycles. The van der Waals surface area contributed by atoms with Crippen LogP contribution in [-0.4, -0.2) is 5.75 Å². The maximum atomic E-state index is 4.40. The molecular formula is C15H28S. The van der Waals surface area contributed by atoms with E-state index in [2.05, 4.69) is 26.5 Å². The van der Waals surface area contributed by atoms with Crippen molar-refractivity contribution in [3.05, 3.63) is 11.1 Å². The minimum Gasteiger partial charge on any atom is -0.175 e. The first-order valence-corrected chi connectivity index (χ1v) is 7.69. The molecule has 1 fully saturated rings. The molecule has 0 aromatic rings. The monoisotopic (exact) mass is 240 g/mol. The summed E-state index contributed by atoms with van der Waals surface area (Å²) in [7, 11) is 0. The summed E-state index contributed by atoms with van der Waals surface area (Å²) in [6.07, 6.45) is 12.8. The van der Waals surface area contributed by atoms with Crippen molar-refractivity contribution >= 4 is 12.6 Å². The lowest BCUT2D eigenvalue weighted by atomic mass is 9.85. The summed E-state index contributed by atoms with van der Waals surface area (Å²) in [4.78, 5) is 0. The first-order valence-electron chi connectivity index (χ1n) is 7.06. The van der Waals surface area contributed by atoms with Crippen LogP contribution in [0, 0.1) is 5.92 Å². The predicted molar refractivity (Wildman–Crippen MR) is 77.3 cm³/mol. The summed E-state index contributed by atoms with van der Waals surface area (Å²) in [5.74, 6) is 1.99. The minimum absolute atomic E-state index is 0.950. The van der Waals surface area contributed by atoms with Crippen LogP contribution in [-0.2, 0) is 0 Å². The SMILES string of the molecule is CCC(CS)=C(C)CCCC1CCCCC1. The van der Waals surface area contributed by atoms with Crippen molar-refractivity contribution in [3.63, 3.8) is 0 Å². The van der Waals surface area contributed by atoms with E-state index in [1.54, 1.807) is 11.1 Å². The van der Waals surface area contributed by atoms with Gasteiger partial charge >= 0.3 is 0 Å². The Bertz CT molecular complexity index is 205. The van der Waals surface area contributed by atoms with Crippen LogP contribution in [0.15, 0.2) is 11.1 Å². The van der Waals surface area contributed by atoms with Gasteiger partial charge in [-0.25, -0.2) is 0 Å². The van der Waals surface area contributed by atoms with Gasteiger partial charge in [-0.2, -0.15) is 12.6 Å². The van der Waals surface area contributed by atoms with Gasteiger partial charge in [-0.15, -0.1) is 0 Å². The molecule has 0 radical (unpaired) electrons. The van der Waals surface area contributed by atoms with Crippen molar-refractivity contribution in [2.75, 3.05) is 5.75 Å². The second-order valence-electron chi connectivity index (χ2n) is 5.29. The third kappa shape index (κ3) is 4.95. The molecule has 94 valence electrons. The zero-order valence-electron chi connectivity index (χ0n) is 11.1. The Balaban J connectivity index is 2.20. The molecule has 0 nitrogen and oxygen atoms in total. The van der Waals surface area contributed by atoms with Gasteiger partial charge < -0.3 is 0 Å². The van der Waals surface area contributed by atoms with Crippen LogP contribution in [0.25, 0.3) is 0 Å². The second kappa shape index (κ2) is 8.22. The summed E-state index contributed by atoms with van der Waals surface area (Å²) < 4.78 is 0. The lowest BCUT2D eigenvalue weighted by Crippen LogP contribution is -2.06. The van der Waals surface area contributed by atoms with Crippen LogP contribution in [0.1, 0.15) is 71.6 Å². The molecule has 0 spiro atoms. The minimum atomic E-state index is 0.950. The van der Waals surface area contributed by atoms with Gasteiger partial charge in [0.05, 0.1) is 0 Å². The lowest BCUT2D eigenvalue weighted by Gasteiger charge is -2.21. The smallest absolute Gasteiger partial charge is 0.0115 e. The quantitative estimate of drug-likeness (QED) is 0.467. The molecule has 0 unspecified atom stereocenters. The van der Waals surface area contributed by atoms with Gasteiger partial charge in [0.2, 0.25) is 0 Å². The summed E-state index contributed by atoms with van der Waals surface area (Å²) in [6, 6.07) is 0. The van der Waals surface area contributed by atoms with E-state index in [-0.39, 0.29) is 0 Å². The topological polar surface area (TPSA) is 0 Å². The van der Waals surface area contributed by atoms with Crippen molar-refractivity contribution in [2.24, 2.45) is 5.92 Å². The lowest BCUT2D eigenvalue weighted by molar-refractivity contribution is 0.332. The van der Waals surface area contributed by atoms with E-state index in [1.165, 1.54) is 57.8 Å². The van der Waals surface area contributed by atoms with Crippen LogP contribution in [0.3, 0.4) is 0 Å². The first kappa shape index (κ1) is 14.2. The summed E-state index contributed by atoms with van der Waals surface area (Å²) in [5, 5.41) is 0. The second-order valence-corrected chi connectivity index (χ2v) is 5.61. The van der Waals surface area contributed by atoms with Crippen LogP contribution in [0.5, 0.6) is 0 Å². The molecule has 1 rings (SSSR count). The highest BCUT2D eigenvalue weighted by molar-refractivity contribution is 7.80. The first-order chi connectivity index (χ1) is 7.77. The number of hydrogen-bond acceptors (Lipinski definition) is 1. The van der Waals surface area contributed by atoms with Crippen molar-refractivity contribution < 1.29 is 0 Å².